The molecule has 4 rings (SSSR count). The summed E-state index contributed by atoms with van der Waals surface area (Å²) >= 11 is 0. The maximum absolute atomic E-state index is 12.9. The highest BCUT2D eigenvalue weighted by molar-refractivity contribution is 5.94. The van der Waals surface area contributed by atoms with Crippen LogP contribution in [0.25, 0.3) is 0 Å². The Labute approximate surface area is 155 Å². The van der Waals surface area contributed by atoms with Gasteiger partial charge < -0.3 is 14.5 Å². The van der Waals surface area contributed by atoms with E-state index in [4.69, 9.17) is 4.74 Å². The molecule has 0 spiro atoms. The molecule has 0 radical (unpaired) electrons. The fraction of sp³-hybridized carbons (Fsp3) is 0.409. The van der Waals surface area contributed by atoms with Crippen LogP contribution in [0.5, 0.6) is 5.75 Å². The molecule has 1 aliphatic heterocycles. The van der Waals surface area contributed by atoms with Crippen molar-refractivity contribution in [3.05, 3.63) is 59.2 Å². The monoisotopic (exact) mass is 350 g/mol. The minimum Gasteiger partial charge on any atom is -0.497 e. The maximum Gasteiger partial charge on any atom is 0.253 e. The smallest absolute Gasteiger partial charge is 0.253 e. The van der Waals surface area contributed by atoms with Crippen LogP contribution < -0.4 is 9.64 Å². The number of hydrogen-bond acceptors (Lipinski definition) is 3. The molecule has 0 aromatic heterocycles. The highest BCUT2D eigenvalue weighted by atomic mass is 16.5. The molecule has 1 heterocycles. The summed E-state index contributed by atoms with van der Waals surface area (Å²) in [5.41, 5.74) is 4.84. The van der Waals surface area contributed by atoms with Gasteiger partial charge in [-0.25, -0.2) is 0 Å². The Bertz CT molecular complexity index is 777. The standard InChI is InChI=1S/C22H26N2O2/c1-26-21-10-8-20(9-11-21)23-12-14-24(15-13-23)22(25)19-7-6-17-4-2-3-5-18(17)16-19/h6-11,16H,2-5,12-15H2,1H3. The summed E-state index contributed by atoms with van der Waals surface area (Å²) in [7, 11) is 1.68. The molecule has 2 aromatic carbocycles. The van der Waals surface area contributed by atoms with E-state index < -0.39 is 0 Å². The predicted octanol–water partition coefficient (Wildman–Crippen LogP) is 3.54. The normalized spacial score (nSPS) is 17.0. The third kappa shape index (κ3) is 3.41. The molecule has 0 unspecified atom stereocenters. The van der Waals surface area contributed by atoms with Crippen molar-refractivity contribution in [2.75, 3.05) is 38.2 Å². The van der Waals surface area contributed by atoms with Crippen LogP contribution >= 0.6 is 0 Å². The van der Waals surface area contributed by atoms with E-state index in [1.807, 2.05) is 23.1 Å². The molecule has 2 aliphatic rings. The van der Waals surface area contributed by atoms with E-state index >= 15 is 0 Å². The van der Waals surface area contributed by atoms with Gasteiger partial charge in [0.05, 0.1) is 7.11 Å². The van der Waals surface area contributed by atoms with E-state index in [2.05, 4.69) is 29.2 Å². The number of hydrogen-bond donors (Lipinski definition) is 0. The third-order valence-corrected chi connectivity index (χ3v) is 5.60. The van der Waals surface area contributed by atoms with Gasteiger partial charge in [-0.05, 0) is 73.2 Å². The predicted molar refractivity (Wildman–Crippen MR) is 104 cm³/mol. The number of amides is 1. The zero-order valence-electron chi connectivity index (χ0n) is 15.4. The Balaban J connectivity index is 1.40. The molecule has 0 N–H and O–H groups in total. The summed E-state index contributed by atoms with van der Waals surface area (Å²) < 4.78 is 5.22. The Morgan fingerprint density at radius 3 is 2.27 bits per heavy atom. The van der Waals surface area contributed by atoms with Crippen LogP contribution in [-0.2, 0) is 12.8 Å². The van der Waals surface area contributed by atoms with Gasteiger partial charge in [0.15, 0.2) is 0 Å². The topological polar surface area (TPSA) is 32.8 Å². The van der Waals surface area contributed by atoms with Crippen molar-refractivity contribution < 1.29 is 9.53 Å². The van der Waals surface area contributed by atoms with Gasteiger partial charge in [0.2, 0.25) is 0 Å². The quantitative estimate of drug-likeness (QED) is 0.849. The fourth-order valence-electron chi connectivity index (χ4n) is 4.01. The average molecular weight is 350 g/mol. The maximum atomic E-state index is 12.9. The number of carbonyl (C=O) groups is 1. The molecular weight excluding hydrogens is 324 g/mol. The molecule has 136 valence electrons. The summed E-state index contributed by atoms with van der Waals surface area (Å²) in [5, 5.41) is 0. The minimum atomic E-state index is 0.174. The Morgan fingerprint density at radius 2 is 1.58 bits per heavy atom. The molecule has 1 aliphatic carbocycles. The number of rotatable bonds is 3. The summed E-state index contributed by atoms with van der Waals surface area (Å²) in [6, 6.07) is 14.4. The van der Waals surface area contributed by atoms with Crippen LogP contribution in [0.15, 0.2) is 42.5 Å². The molecule has 4 nitrogen and oxygen atoms in total. The number of fused-ring (bicyclic) bond motifs is 1. The summed E-state index contributed by atoms with van der Waals surface area (Å²) in [6.07, 6.45) is 4.78. The van der Waals surface area contributed by atoms with Crippen molar-refractivity contribution in [2.24, 2.45) is 0 Å². The van der Waals surface area contributed by atoms with Crippen molar-refractivity contribution >= 4 is 11.6 Å². The van der Waals surface area contributed by atoms with Crippen molar-refractivity contribution in [2.45, 2.75) is 25.7 Å². The molecule has 4 heteroatoms. The number of carbonyl (C=O) groups excluding carboxylic acids is 1. The van der Waals surface area contributed by atoms with Gasteiger partial charge in [0, 0.05) is 37.4 Å². The lowest BCUT2D eigenvalue weighted by molar-refractivity contribution is 0.0746. The number of ether oxygens (including phenoxy) is 1. The van der Waals surface area contributed by atoms with Gasteiger partial charge in [0.25, 0.3) is 5.91 Å². The Kier molecular flexibility index (Phi) is 4.83. The number of methoxy groups -OCH3 is 1. The first-order valence-electron chi connectivity index (χ1n) is 9.55. The molecule has 0 atom stereocenters. The van der Waals surface area contributed by atoms with E-state index in [-0.39, 0.29) is 5.91 Å². The third-order valence-electron chi connectivity index (χ3n) is 5.60. The van der Waals surface area contributed by atoms with E-state index in [1.54, 1.807) is 7.11 Å². The lowest BCUT2D eigenvalue weighted by Crippen LogP contribution is -2.48. The van der Waals surface area contributed by atoms with E-state index in [9.17, 15) is 4.79 Å². The number of benzene rings is 2. The van der Waals surface area contributed by atoms with Gasteiger partial charge in [-0.15, -0.1) is 0 Å². The molecule has 26 heavy (non-hydrogen) atoms. The van der Waals surface area contributed by atoms with Crippen molar-refractivity contribution in [3.8, 4) is 5.75 Å². The SMILES string of the molecule is COc1ccc(N2CCN(C(=O)c3ccc4c(c3)CCCC4)CC2)cc1. The molecule has 1 amide bonds. The van der Waals surface area contributed by atoms with Crippen molar-refractivity contribution in [1.29, 1.82) is 0 Å². The van der Waals surface area contributed by atoms with Crippen molar-refractivity contribution in [3.63, 3.8) is 0 Å². The summed E-state index contributed by atoms with van der Waals surface area (Å²) in [5.74, 6) is 1.04. The van der Waals surface area contributed by atoms with Crippen LogP contribution in [0.1, 0.15) is 34.3 Å². The highest BCUT2D eigenvalue weighted by Crippen LogP contribution is 2.24. The molecule has 1 fully saturated rings. The molecule has 0 saturated carbocycles. The van der Waals surface area contributed by atoms with E-state index in [1.165, 1.54) is 29.7 Å². The first-order valence-corrected chi connectivity index (χ1v) is 9.55. The Hall–Kier alpha value is -2.49. The number of piperazine rings is 1. The van der Waals surface area contributed by atoms with Gasteiger partial charge in [-0.3, -0.25) is 4.79 Å². The van der Waals surface area contributed by atoms with E-state index in [0.29, 0.717) is 0 Å². The Morgan fingerprint density at radius 1 is 0.885 bits per heavy atom. The lowest BCUT2D eigenvalue weighted by Gasteiger charge is -2.36. The van der Waals surface area contributed by atoms with Gasteiger partial charge in [0.1, 0.15) is 5.75 Å². The minimum absolute atomic E-state index is 0.174. The van der Waals surface area contributed by atoms with Crippen molar-refractivity contribution in [1.82, 2.24) is 4.90 Å². The second kappa shape index (κ2) is 7.40. The summed E-state index contributed by atoms with van der Waals surface area (Å²) in [6.45, 7) is 3.26. The molecular formula is C22H26N2O2. The number of nitrogens with zero attached hydrogens (tertiary/aromatic N) is 2. The number of anilines is 1. The number of aryl methyl sites for hydroxylation is 2. The van der Waals surface area contributed by atoms with Crippen LogP contribution in [0.3, 0.4) is 0 Å². The fourth-order valence-corrected chi connectivity index (χ4v) is 4.01. The van der Waals surface area contributed by atoms with Gasteiger partial charge in [-0.1, -0.05) is 6.07 Å². The van der Waals surface area contributed by atoms with E-state index in [0.717, 1.165) is 50.3 Å². The van der Waals surface area contributed by atoms with Crippen LogP contribution in [0.2, 0.25) is 0 Å². The lowest BCUT2D eigenvalue weighted by atomic mass is 9.90. The molecule has 2 aromatic rings. The second-order valence-corrected chi connectivity index (χ2v) is 7.17. The average Bonchev–Trinajstić information content (AvgIpc) is 2.73. The largest absolute Gasteiger partial charge is 0.497 e. The van der Waals surface area contributed by atoms with Gasteiger partial charge >= 0.3 is 0 Å². The highest BCUT2D eigenvalue weighted by Gasteiger charge is 2.23. The summed E-state index contributed by atoms with van der Waals surface area (Å²) in [4.78, 5) is 17.2. The van der Waals surface area contributed by atoms with Gasteiger partial charge in [-0.2, -0.15) is 0 Å². The first kappa shape index (κ1) is 17.0. The zero-order chi connectivity index (χ0) is 17.9. The second-order valence-electron chi connectivity index (χ2n) is 7.17. The molecule has 1 saturated heterocycles. The van der Waals surface area contributed by atoms with Crippen LogP contribution in [0.4, 0.5) is 5.69 Å². The van der Waals surface area contributed by atoms with Crippen LogP contribution in [-0.4, -0.2) is 44.1 Å². The first-order chi connectivity index (χ1) is 12.7. The van der Waals surface area contributed by atoms with Crippen LogP contribution in [0, 0.1) is 0 Å². The zero-order valence-corrected chi connectivity index (χ0v) is 15.4. The molecule has 0 bridgehead atoms.